The molecular weight excluding hydrogens is 192 g/mol. The van der Waals surface area contributed by atoms with Gasteiger partial charge >= 0.3 is 0 Å². The van der Waals surface area contributed by atoms with E-state index in [1.165, 1.54) is 0 Å². The third-order valence-corrected chi connectivity index (χ3v) is 3.32. The van der Waals surface area contributed by atoms with E-state index < -0.39 is 5.79 Å². The summed E-state index contributed by atoms with van der Waals surface area (Å²) in [5.41, 5.74) is 1.09. The minimum Gasteiger partial charge on any atom is -0.343 e. The summed E-state index contributed by atoms with van der Waals surface area (Å²) in [6.07, 6.45) is 3.66. The Morgan fingerprint density at radius 2 is 2.07 bits per heavy atom. The van der Waals surface area contributed by atoms with Crippen molar-refractivity contribution in [2.75, 3.05) is 0 Å². The zero-order valence-electron chi connectivity index (χ0n) is 9.58. The highest BCUT2D eigenvalue weighted by atomic mass is 16.8. The molecule has 0 bridgehead atoms. The van der Waals surface area contributed by atoms with Crippen molar-refractivity contribution in [3.05, 3.63) is 11.6 Å². The van der Waals surface area contributed by atoms with Gasteiger partial charge in [-0.15, -0.1) is 0 Å². The highest BCUT2D eigenvalue weighted by Crippen LogP contribution is 2.38. The smallest absolute Gasteiger partial charge is 0.187 e. The van der Waals surface area contributed by atoms with Gasteiger partial charge in [0.05, 0.1) is 6.10 Å². The molecule has 84 valence electrons. The molecule has 0 spiro atoms. The van der Waals surface area contributed by atoms with E-state index in [9.17, 15) is 4.79 Å². The van der Waals surface area contributed by atoms with Crippen molar-refractivity contribution in [2.24, 2.45) is 0 Å². The maximum atomic E-state index is 11.7. The van der Waals surface area contributed by atoms with Crippen molar-refractivity contribution in [2.45, 2.75) is 58.0 Å². The van der Waals surface area contributed by atoms with Crippen LogP contribution in [0.1, 0.15) is 40.0 Å². The predicted octanol–water partition coefficient (Wildman–Crippen LogP) is 2.21. The lowest BCUT2D eigenvalue weighted by Crippen LogP contribution is -2.34. The number of ether oxygens (including phenoxy) is 2. The van der Waals surface area contributed by atoms with Gasteiger partial charge in [-0.25, -0.2) is 0 Å². The minimum atomic E-state index is -0.524. The number of hydrogen-bond donors (Lipinski definition) is 0. The number of fused-ring (bicyclic) bond motifs is 1. The average Bonchev–Trinajstić information content (AvgIpc) is 2.58. The van der Waals surface area contributed by atoms with Gasteiger partial charge in [-0.3, -0.25) is 4.79 Å². The molecule has 2 rings (SSSR count). The Bertz CT molecular complexity index is 302. The van der Waals surface area contributed by atoms with Crippen LogP contribution in [0.3, 0.4) is 0 Å². The number of carbonyl (C=O) groups is 1. The number of rotatable bonds is 2. The zero-order valence-corrected chi connectivity index (χ0v) is 9.58. The summed E-state index contributed by atoms with van der Waals surface area (Å²) < 4.78 is 11.7. The standard InChI is InChI=1S/C12H18O3/c1-4-12(5-2)14-10-7-8(3)6-9(13)11(10)15-12/h6,10-11H,4-5,7H2,1-3H3/t10-,11+/m1/s1. The Labute approximate surface area is 90.4 Å². The van der Waals surface area contributed by atoms with Crippen LogP contribution in [0, 0.1) is 0 Å². The second-order valence-corrected chi connectivity index (χ2v) is 4.41. The maximum absolute atomic E-state index is 11.7. The van der Waals surface area contributed by atoms with Crippen LogP contribution in [0.25, 0.3) is 0 Å². The molecule has 2 aliphatic rings. The Morgan fingerprint density at radius 1 is 1.40 bits per heavy atom. The summed E-state index contributed by atoms with van der Waals surface area (Å²) in [5, 5.41) is 0. The van der Waals surface area contributed by atoms with Crippen LogP contribution in [0.5, 0.6) is 0 Å². The van der Waals surface area contributed by atoms with Gasteiger partial charge in [-0.2, -0.15) is 0 Å². The van der Waals surface area contributed by atoms with Crippen molar-refractivity contribution in [3.8, 4) is 0 Å². The van der Waals surface area contributed by atoms with E-state index in [-0.39, 0.29) is 18.0 Å². The van der Waals surface area contributed by atoms with Gasteiger partial charge in [-0.05, 0) is 32.3 Å². The summed E-state index contributed by atoms with van der Waals surface area (Å²) in [4.78, 5) is 11.7. The van der Waals surface area contributed by atoms with Crippen LogP contribution in [-0.4, -0.2) is 23.8 Å². The topological polar surface area (TPSA) is 35.5 Å². The van der Waals surface area contributed by atoms with E-state index in [1.807, 2.05) is 20.8 Å². The zero-order chi connectivity index (χ0) is 11.1. The number of ketones is 1. The second-order valence-electron chi connectivity index (χ2n) is 4.41. The first kappa shape index (κ1) is 10.8. The summed E-state index contributed by atoms with van der Waals surface area (Å²) in [7, 11) is 0. The van der Waals surface area contributed by atoms with E-state index in [1.54, 1.807) is 6.08 Å². The third-order valence-electron chi connectivity index (χ3n) is 3.32. The van der Waals surface area contributed by atoms with Gasteiger partial charge in [0, 0.05) is 0 Å². The molecule has 0 radical (unpaired) electrons. The van der Waals surface area contributed by atoms with Crippen LogP contribution in [0.2, 0.25) is 0 Å². The Balaban J connectivity index is 2.20. The third kappa shape index (κ3) is 1.74. The quantitative estimate of drug-likeness (QED) is 0.701. The van der Waals surface area contributed by atoms with E-state index >= 15 is 0 Å². The molecule has 0 aromatic carbocycles. The molecule has 1 aliphatic heterocycles. The van der Waals surface area contributed by atoms with Gasteiger partial charge in [-0.1, -0.05) is 19.4 Å². The van der Waals surface area contributed by atoms with Crippen molar-refractivity contribution < 1.29 is 14.3 Å². The van der Waals surface area contributed by atoms with Crippen LogP contribution in [0.15, 0.2) is 11.6 Å². The van der Waals surface area contributed by atoms with E-state index in [4.69, 9.17) is 9.47 Å². The second kappa shape index (κ2) is 3.72. The van der Waals surface area contributed by atoms with E-state index in [2.05, 4.69) is 0 Å². The molecule has 1 heterocycles. The molecule has 3 nitrogen and oxygen atoms in total. The average molecular weight is 210 g/mol. The minimum absolute atomic E-state index is 0.0625. The summed E-state index contributed by atoms with van der Waals surface area (Å²) in [6, 6.07) is 0. The fourth-order valence-electron chi connectivity index (χ4n) is 2.35. The maximum Gasteiger partial charge on any atom is 0.187 e. The van der Waals surface area contributed by atoms with E-state index in [0.29, 0.717) is 0 Å². The van der Waals surface area contributed by atoms with Gasteiger partial charge in [0.25, 0.3) is 0 Å². The fraction of sp³-hybridized carbons (Fsp3) is 0.750. The molecule has 1 aliphatic carbocycles. The lowest BCUT2D eigenvalue weighted by atomic mass is 9.95. The molecule has 1 saturated heterocycles. The first-order valence-electron chi connectivity index (χ1n) is 5.67. The van der Waals surface area contributed by atoms with E-state index in [0.717, 1.165) is 24.8 Å². The first-order chi connectivity index (χ1) is 7.10. The van der Waals surface area contributed by atoms with Crippen molar-refractivity contribution in [3.63, 3.8) is 0 Å². The predicted molar refractivity (Wildman–Crippen MR) is 56.4 cm³/mol. The first-order valence-corrected chi connectivity index (χ1v) is 5.67. The summed E-state index contributed by atoms with van der Waals surface area (Å²) in [6.45, 7) is 6.03. The van der Waals surface area contributed by atoms with Gasteiger partial charge in [0.1, 0.15) is 6.10 Å². The number of carbonyl (C=O) groups excluding carboxylic acids is 1. The molecule has 0 aromatic heterocycles. The normalized spacial score (nSPS) is 33.8. The molecule has 15 heavy (non-hydrogen) atoms. The molecule has 0 N–H and O–H groups in total. The van der Waals surface area contributed by atoms with Crippen molar-refractivity contribution >= 4 is 5.78 Å². The Hall–Kier alpha value is -0.670. The molecule has 0 saturated carbocycles. The lowest BCUT2D eigenvalue weighted by Gasteiger charge is -2.24. The Morgan fingerprint density at radius 3 is 2.67 bits per heavy atom. The molecule has 3 heteroatoms. The highest BCUT2D eigenvalue weighted by molar-refractivity contribution is 5.95. The Kier molecular flexibility index (Phi) is 2.69. The summed E-state index contributed by atoms with van der Waals surface area (Å²) >= 11 is 0. The van der Waals surface area contributed by atoms with Crippen LogP contribution in [-0.2, 0) is 14.3 Å². The van der Waals surface area contributed by atoms with Crippen LogP contribution >= 0.6 is 0 Å². The molecule has 0 amide bonds. The molecule has 2 atom stereocenters. The lowest BCUT2D eigenvalue weighted by molar-refractivity contribution is -0.179. The number of hydrogen-bond acceptors (Lipinski definition) is 3. The van der Waals surface area contributed by atoms with Crippen LogP contribution < -0.4 is 0 Å². The molecule has 0 unspecified atom stereocenters. The largest absolute Gasteiger partial charge is 0.343 e. The molecule has 0 aromatic rings. The van der Waals surface area contributed by atoms with Gasteiger partial charge in [0.15, 0.2) is 11.6 Å². The SMILES string of the molecule is CCC1(CC)O[C@@H]2CC(C)=CC(=O)[C@@H]2O1. The molecular formula is C12H18O3. The van der Waals surface area contributed by atoms with Crippen LogP contribution in [0.4, 0.5) is 0 Å². The fourth-order valence-corrected chi connectivity index (χ4v) is 2.35. The van der Waals surface area contributed by atoms with Crippen molar-refractivity contribution in [1.29, 1.82) is 0 Å². The van der Waals surface area contributed by atoms with Gasteiger partial charge < -0.3 is 9.47 Å². The highest BCUT2D eigenvalue weighted by Gasteiger charge is 2.49. The molecule has 1 fully saturated rings. The monoisotopic (exact) mass is 210 g/mol. The van der Waals surface area contributed by atoms with Crippen molar-refractivity contribution in [1.82, 2.24) is 0 Å². The summed E-state index contributed by atoms with van der Waals surface area (Å²) in [5.74, 6) is -0.462. The van der Waals surface area contributed by atoms with Gasteiger partial charge in [0.2, 0.25) is 0 Å².